The largest absolute Gasteiger partial charge is 0.756 e. The lowest BCUT2D eigenvalue weighted by Gasteiger charge is -2.25. The summed E-state index contributed by atoms with van der Waals surface area (Å²) in [6.07, 6.45) is 7.84. The van der Waals surface area contributed by atoms with E-state index in [4.69, 9.17) is 14.0 Å². The third-order valence-electron chi connectivity index (χ3n) is 4.97. The molecule has 9 nitrogen and oxygen atoms in total. The van der Waals surface area contributed by atoms with Crippen LogP contribution in [0.1, 0.15) is 71.6 Å². The molecule has 31 heavy (non-hydrogen) atoms. The second-order valence-corrected chi connectivity index (χ2v) is 9.15. The predicted molar refractivity (Wildman–Crippen MR) is 118 cm³/mol. The Morgan fingerprint density at radius 3 is 2.23 bits per heavy atom. The molecule has 0 saturated carbocycles. The molecule has 1 N–H and O–H groups in total. The molecule has 10 heteroatoms. The van der Waals surface area contributed by atoms with Crippen molar-refractivity contribution in [3.8, 4) is 0 Å². The van der Waals surface area contributed by atoms with Crippen LogP contribution in [0.25, 0.3) is 0 Å². The third-order valence-corrected chi connectivity index (χ3v) is 5.94. The minimum Gasteiger partial charge on any atom is -0.756 e. The standard InChI is InChI=1S/C21H44NO8P/c1-5-7-8-9-10-11-12-13-14-20(27-4)21(24)28-17-19(23)18-30-31(25,26)29-16-15-22(3)6-2/h19-20,23H,5-18H2,1-4H3,(H,25,26)/p-1. The summed E-state index contributed by atoms with van der Waals surface area (Å²) in [5.41, 5.74) is 0. The Labute approximate surface area is 188 Å². The molecule has 0 amide bonds. The number of ether oxygens (including phenoxy) is 2. The van der Waals surface area contributed by atoms with E-state index in [1.807, 2.05) is 18.9 Å². The van der Waals surface area contributed by atoms with E-state index in [-0.39, 0.29) is 13.2 Å². The zero-order chi connectivity index (χ0) is 23.5. The second-order valence-electron chi connectivity index (χ2n) is 7.74. The van der Waals surface area contributed by atoms with Gasteiger partial charge in [-0.15, -0.1) is 0 Å². The van der Waals surface area contributed by atoms with Gasteiger partial charge in [-0.3, -0.25) is 4.57 Å². The van der Waals surface area contributed by atoms with E-state index in [0.29, 0.717) is 13.0 Å². The number of aliphatic hydroxyl groups excluding tert-OH is 1. The SMILES string of the molecule is CCCCCCCCCCC(OC)C(=O)OCC(O)COP(=O)([O-])OCCN(C)CC. The molecule has 0 saturated heterocycles. The minimum absolute atomic E-state index is 0.0372. The van der Waals surface area contributed by atoms with Crippen LogP contribution >= 0.6 is 7.82 Å². The fraction of sp³-hybridized carbons (Fsp3) is 0.952. The third kappa shape index (κ3) is 17.7. The summed E-state index contributed by atoms with van der Waals surface area (Å²) in [5, 5.41) is 9.84. The number of rotatable bonds is 21. The van der Waals surface area contributed by atoms with Gasteiger partial charge in [-0.25, -0.2) is 4.79 Å². The van der Waals surface area contributed by atoms with Gasteiger partial charge in [-0.1, -0.05) is 65.2 Å². The Hall–Kier alpha value is -0.540. The molecule has 0 aromatic rings. The lowest BCUT2D eigenvalue weighted by molar-refractivity contribution is -0.227. The van der Waals surface area contributed by atoms with Crippen molar-refractivity contribution in [3.05, 3.63) is 0 Å². The van der Waals surface area contributed by atoms with Crippen LogP contribution in [0.4, 0.5) is 0 Å². The summed E-state index contributed by atoms with van der Waals surface area (Å²) in [7, 11) is -1.24. The lowest BCUT2D eigenvalue weighted by atomic mass is 10.1. The highest BCUT2D eigenvalue weighted by Gasteiger charge is 2.21. The Balaban J connectivity index is 3.98. The maximum atomic E-state index is 12.1. The van der Waals surface area contributed by atoms with Gasteiger partial charge in [0, 0.05) is 13.7 Å². The summed E-state index contributed by atoms with van der Waals surface area (Å²) >= 11 is 0. The van der Waals surface area contributed by atoms with Gasteiger partial charge in [0.1, 0.15) is 12.7 Å². The number of carbonyl (C=O) groups excluding carboxylic acids is 1. The average Bonchev–Trinajstić information content (AvgIpc) is 2.74. The maximum Gasteiger partial charge on any atom is 0.335 e. The molecule has 0 fully saturated rings. The highest BCUT2D eigenvalue weighted by molar-refractivity contribution is 7.45. The molecule has 3 atom stereocenters. The molecular weight excluding hydrogens is 425 g/mol. The van der Waals surface area contributed by atoms with E-state index in [1.165, 1.54) is 39.2 Å². The van der Waals surface area contributed by atoms with Crippen molar-refractivity contribution >= 4 is 13.8 Å². The normalized spacial score (nSPS) is 15.6. The van der Waals surface area contributed by atoms with E-state index in [2.05, 4.69) is 11.4 Å². The van der Waals surface area contributed by atoms with Gasteiger partial charge < -0.3 is 33.4 Å². The summed E-state index contributed by atoms with van der Waals surface area (Å²) in [6, 6.07) is 0. The molecular formula is C21H43NO8P-. The molecule has 0 aromatic heterocycles. The van der Waals surface area contributed by atoms with Gasteiger partial charge in [-0.05, 0) is 20.0 Å². The summed E-state index contributed by atoms with van der Waals surface area (Å²) in [4.78, 5) is 25.7. The topological polar surface area (TPSA) is 118 Å². The van der Waals surface area contributed by atoms with Gasteiger partial charge in [0.2, 0.25) is 0 Å². The second kappa shape index (κ2) is 19.0. The molecule has 0 aliphatic heterocycles. The number of carbonyl (C=O) groups is 1. The first-order valence-electron chi connectivity index (χ1n) is 11.4. The zero-order valence-corrected chi connectivity index (χ0v) is 20.6. The molecule has 0 aromatic carbocycles. The molecule has 0 heterocycles. The van der Waals surface area contributed by atoms with E-state index >= 15 is 0 Å². The molecule has 0 radical (unpaired) electrons. The fourth-order valence-electron chi connectivity index (χ4n) is 2.80. The summed E-state index contributed by atoms with van der Waals surface area (Å²) in [5.74, 6) is -0.575. The Bertz CT molecular complexity index is 494. The Morgan fingerprint density at radius 2 is 1.65 bits per heavy atom. The Morgan fingerprint density at radius 1 is 1.03 bits per heavy atom. The van der Waals surface area contributed by atoms with Crippen LogP contribution in [0.2, 0.25) is 0 Å². The number of hydrogen-bond acceptors (Lipinski definition) is 9. The molecule has 3 unspecified atom stereocenters. The number of hydrogen-bond donors (Lipinski definition) is 1. The average molecular weight is 469 g/mol. The van der Waals surface area contributed by atoms with Crippen LogP contribution < -0.4 is 4.89 Å². The van der Waals surface area contributed by atoms with E-state index in [9.17, 15) is 19.4 Å². The lowest BCUT2D eigenvalue weighted by Crippen LogP contribution is -2.31. The maximum absolute atomic E-state index is 12.1. The zero-order valence-electron chi connectivity index (χ0n) is 19.8. The van der Waals surface area contributed by atoms with Crippen LogP contribution in [-0.4, -0.2) is 75.3 Å². The minimum atomic E-state index is -4.52. The highest BCUT2D eigenvalue weighted by atomic mass is 31.2. The molecule has 0 rings (SSSR count). The van der Waals surface area contributed by atoms with Crippen molar-refractivity contribution in [2.45, 2.75) is 83.8 Å². The molecule has 0 aliphatic rings. The smallest absolute Gasteiger partial charge is 0.335 e. The van der Waals surface area contributed by atoms with Crippen LogP contribution in [0, 0.1) is 0 Å². The van der Waals surface area contributed by atoms with Gasteiger partial charge in [0.05, 0.1) is 13.2 Å². The monoisotopic (exact) mass is 468 g/mol. The van der Waals surface area contributed by atoms with Crippen molar-refractivity contribution in [1.82, 2.24) is 4.90 Å². The van der Waals surface area contributed by atoms with Gasteiger partial charge >= 0.3 is 5.97 Å². The molecule has 186 valence electrons. The molecule has 0 bridgehead atoms. The summed E-state index contributed by atoms with van der Waals surface area (Å²) < 4.78 is 31.3. The number of nitrogens with zero attached hydrogens (tertiary/aromatic N) is 1. The highest BCUT2D eigenvalue weighted by Crippen LogP contribution is 2.38. The number of likely N-dealkylation sites (N-methyl/N-ethyl adjacent to an activating group) is 1. The first-order chi connectivity index (χ1) is 14.8. The van der Waals surface area contributed by atoms with E-state index in [0.717, 1.165) is 25.8 Å². The van der Waals surface area contributed by atoms with E-state index < -0.39 is 32.6 Å². The fourth-order valence-corrected chi connectivity index (χ4v) is 3.53. The quantitative estimate of drug-likeness (QED) is 0.154. The number of phosphoric ester groups is 1. The van der Waals surface area contributed by atoms with Crippen molar-refractivity contribution < 1.29 is 37.9 Å². The summed E-state index contributed by atoms with van der Waals surface area (Å²) in [6.45, 7) is 4.37. The van der Waals surface area contributed by atoms with Crippen LogP contribution in [0.5, 0.6) is 0 Å². The Kier molecular flexibility index (Phi) is 18.6. The van der Waals surface area contributed by atoms with Crippen LogP contribution in [-0.2, 0) is 27.9 Å². The number of esters is 1. The van der Waals surface area contributed by atoms with E-state index in [1.54, 1.807) is 0 Å². The van der Waals surface area contributed by atoms with Crippen LogP contribution in [0.15, 0.2) is 0 Å². The van der Waals surface area contributed by atoms with Gasteiger partial charge in [0.15, 0.2) is 6.10 Å². The van der Waals surface area contributed by atoms with Gasteiger partial charge in [-0.2, -0.15) is 0 Å². The van der Waals surface area contributed by atoms with Crippen molar-refractivity contribution in [2.75, 3.05) is 47.1 Å². The predicted octanol–water partition coefficient (Wildman–Crippen LogP) is 2.89. The first kappa shape index (κ1) is 30.5. The molecule has 0 spiro atoms. The number of phosphoric acid groups is 1. The molecule has 0 aliphatic carbocycles. The number of aliphatic hydroxyl groups is 1. The number of unbranched alkanes of at least 4 members (excludes halogenated alkanes) is 7. The number of methoxy groups -OCH3 is 1. The van der Waals surface area contributed by atoms with Crippen molar-refractivity contribution in [2.24, 2.45) is 0 Å². The van der Waals surface area contributed by atoms with Crippen molar-refractivity contribution in [1.29, 1.82) is 0 Å². The first-order valence-corrected chi connectivity index (χ1v) is 12.9. The van der Waals surface area contributed by atoms with Crippen LogP contribution in [0.3, 0.4) is 0 Å². The van der Waals surface area contributed by atoms with Crippen molar-refractivity contribution in [3.63, 3.8) is 0 Å². The van der Waals surface area contributed by atoms with Gasteiger partial charge in [0.25, 0.3) is 7.82 Å².